The van der Waals surface area contributed by atoms with E-state index < -0.39 is 0 Å². The Morgan fingerprint density at radius 2 is 0.959 bits per heavy atom. The molecule has 7 heteroatoms. The minimum Gasteiger partial charge on any atom is -0.457 e. The lowest BCUT2D eigenvalue weighted by Crippen LogP contribution is -2.23. The number of aromatic nitrogens is 4. The van der Waals surface area contributed by atoms with Crippen LogP contribution in [0.4, 0.5) is 17.1 Å². The van der Waals surface area contributed by atoms with Gasteiger partial charge in [0.15, 0.2) is 0 Å². The van der Waals surface area contributed by atoms with Crippen molar-refractivity contribution in [1.82, 2.24) is 18.7 Å². The largest absolute Gasteiger partial charge is 0.457 e. The van der Waals surface area contributed by atoms with Crippen LogP contribution in [0.1, 0.15) is 31.9 Å². The van der Waals surface area contributed by atoms with Gasteiger partial charge in [-0.3, -0.25) is 4.57 Å². The first-order chi connectivity index (χ1) is 35.7. The number of ether oxygens (including phenoxy) is 1. The molecule has 0 N–H and O–H groups in total. The molecule has 0 bridgehead atoms. The summed E-state index contributed by atoms with van der Waals surface area (Å²) in [4.78, 5) is 10.1. The Morgan fingerprint density at radius 3 is 1.56 bits per heavy atom. The topological polar surface area (TPSA) is 43.4 Å². The lowest BCUT2D eigenvalue weighted by Gasteiger charge is -2.21. The van der Waals surface area contributed by atoms with E-state index in [4.69, 9.17) is 9.72 Å². The third-order valence-electron chi connectivity index (χ3n) is 15.2. The van der Waals surface area contributed by atoms with E-state index in [9.17, 15) is 0 Å². The van der Waals surface area contributed by atoms with Crippen LogP contribution in [0.15, 0.2) is 212 Å². The molecular formula is C66H52N6O. The van der Waals surface area contributed by atoms with Gasteiger partial charge in [0, 0.05) is 74.5 Å². The van der Waals surface area contributed by atoms with Crippen LogP contribution in [0, 0.1) is 6.92 Å². The zero-order valence-electron chi connectivity index (χ0n) is 41.5. The van der Waals surface area contributed by atoms with Crippen molar-refractivity contribution >= 4 is 82.5 Å². The molecule has 9 aromatic carbocycles. The van der Waals surface area contributed by atoms with Crippen molar-refractivity contribution in [3.8, 4) is 39.8 Å². The van der Waals surface area contributed by atoms with Gasteiger partial charge in [-0.15, -0.1) is 0 Å². The molecule has 1 aliphatic heterocycles. The van der Waals surface area contributed by atoms with Gasteiger partial charge >= 0.3 is 0 Å². The van der Waals surface area contributed by atoms with Gasteiger partial charge in [-0.25, -0.2) is 4.98 Å². The van der Waals surface area contributed by atoms with Gasteiger partial charge < -0.3 is 23.7 Å². The molecule has 0 fully saturated rings. The molecule has 0 atom stereocenters. The molecule has 73 heavy (non-hydrogen) atoms. The first-order valence-electron chi connectivity index (χ1n) is 25.2. The van der Waals surface area contributed by atoms with Gasteiger partial charge in [0.2, 0.25) is 0 Å². The standard InChI is InChI=1S/C66H52N6O/c1-42-36-64(72-58-35-32-43(66(2,3)4)37-52(58)51-34-33-46(39-63(51)72)73-45-19-16-18-44(38-45)69-41-68(5)59-28-14-15-29-60(59)69)67-40-53(42)65-61(70-54-24-10-6-20-47(54)48-21-7-11-25-55(48)70)30-17-31-62(65)71-56-26-12-8-22-49(56)50-23-9-13-27-57(50)71/h6-40H,41H2,1-5H3. The van der Waals surface area contributed by atoms with Crippen molar-refractivity contribution in [2.45, 2.75) is 33.1 Å². The smallest absolute Gasteiger partial charge is 0.137 e. The van der Waals surface area contributed by atoms with E-state index in [0.29, 0.717) is 0 Å². The molecule has 5 heterocycles. The fraction of sp³-hybridized carbons (Fsp3) is 0.106. The van der Waals surface area contributed by atoms with Gasteiger partial charge in [0.1, 0.15) is 17.3 Å². The van der Waals surface area contributed by atoms with Crippen molar-refractivity contribution in [3.05, 3.63) is 224 Å². The van der Waals surface area contributed by atoms with Crippen LogP contribution in [-0.4, -0.2) is 32.4 Å². The average molecular weight is 945 g/mol. The molecule has 13 aromatic rings. The van der Waals surface area contributed by atoms with Gasteiger partial charge in [-0.2, -0.15) is 0 Å². The number of fused-ring (bicyclic) bond motifs is 10. The quantitative estimate of drug-likeness (QED) is 0.160. The number of nitrogens with zero attached hydrogens (tertiary/aromatic N) is 6. The van der Waals surface area contributed by atoms with Gasteiger partial charge in [0.25, 0.3) is 0 Å². The molecule has 0 radical (unpaired) electrons. The third-order valence-corrected chi connectivity index (χ3v) is 15.2. The molecular weight excluding hydrogens is 893 g/mol. The molecule has 0 saturated carbocycles. The number of anilines is 3. The predicted octanol–water partition coefficient (Wildman–Crippen LogP) is 17.0. The van der Waals surface area contributed by atoms with Crippen LogP contribution >= 0.6 is 0 Å². The normalized spacial score (nSPS) is 12.9. The van der Waals surface area contributed by atoms with Gasteiger partial charge in [0.05, 0.1) is 62.5 Å². The molecule has 7 nitrogen and oxygen atoms in total. The SMILES string of the molecule is Cc1cc(-n2c3ccc(C(C)(C)C)cc3c3ccc(Oc4cccc(N5CN(C)c6ccccc65)c4)cc32)ncc1-c1c(-n2c3ccccc3c3ccccc32)cccc1-n1c2ccccc2c2ccccc21. The molecule has 4 aromatic heterocycles. The van der Waals surface area contributed by atoms with Crippen molar-refractivity contribution < 1.29 is 4.74 Å². The molecule has 0 amide bonds. The second kappa shape index (κ2) is 16.2. The number of rotatable bonds is 7. The first-order valence-corrected chi connectivity index (χ1v) is 25.2. The zero-order valence-corrected chi connectivity index (χ0v) is 41.5. The van der Waals surface area contributed by atoms with E-state index in [1.54, 1.807) is 0 Å². The second-order valence-electron chi connectivity index (χ2n) is 20.6. The maximum absolute atomic E-state index is 6.81. The van der Waals surface area contributed by atoms with Crippen molar-refractivity contribution in [2.75, 3.05) is 23.5 Å². The monoisotopic (exact) mass is 944 g/mol. The number of pyridine rings is 1. The number of hydrogen-bond acceptors (Lipinski definition) is 4. The van der Waals surface area contributed by atoms with Crippen LogP contribution in [0.2, 0.25) is 0 Å². The summed E-state index contributed by atoms with van der Waals surface area (Å²) < 4.78 is 14.0. The highest BCUT2D eigenvalue weighted by atomic mass is 16.5. The molecule has 1 aliphatic rings. The molecule has 0 unspecified atom stereocenters. The minimum absolute atomic E-state index is 0.0321. The summed E-state index contributed by atoms with van der Waals surface area (Å²) in [5.41, 5.74) is 17.0. The van der Waals surface area contributed by atoms with Crippen molar-refractivity contribution in [1.29, 1.82) is 0 Å². The van der Waals surface area contributed by atoms with E-state index >= 15 is 0 Å². The molecule has 14 rings (SSSR count). The highest BCUT2D eigenvalue weighted by Crippen LogP contribution is 2.45. The Morgan fingerprint density at radius 1 is 0.438 bits per heavy atom. The van der Waals surface area contributed by atoms with Crippen LogP contribution in [0.3, 0.4) is 0 Å². The van der Waals surface area contributed by atoms with Crippen LogP contribution in [0.25, 0.3) is 93.7 Å². The molecule has 0 aliphatic carbocycles. The summed E-state index contributed by atoms with van der Waals surface area (Å²) in [5.74, 6) is 2.38. The third kappa shape index (κ3) is 6.69. The predicted molar refractivity (Wildman–Crippen MR) is 304 cm³/mol. The maximum Gasteiger partial charge on any atom is 0.137 e. The molecule has 352 valence electrons. The summed E-state index contributed by atoms with van der Waals surface area (Å²) in [6.07, 6.45) is 2.11. The van der Waals surface area contributed by atoms with Gasteiger partial charge in [-0.1, -0.05) is 124 Å². The highest BCUT2D eigenvalue weighted by Gasteiger charge is 2.26. The first kappa shape index (κ1) is 42.8. The number of para-hydroxylation sites is 6. The Labute approximate surface area is 424 Å². The average Bonchev–Trinajstić information content (AvgIpc) is 4.14. The highest BCUT2D eigenvalue weighted by molar-refractivity contribution is 6.13. The van der Waals surface area contributed by atoms with E-state index in [0.717, 1.165) is 96.2 Å². The molecule has 0 spiro atoms. The Hall–Kier alpha value is -9.07. The van der Waals surface area contributed by atoms with E-state index in [-0.39, 0.29) is 5.41 Å². The summed E-state index contributed by atoms with van der Waals surface area (Å²) in [7, 11) is 2.14. The minimum atomic E-state index is -0.0321. The Balaban J connectivity index is 0.961. The second-order valence-corrected chi connectivity index (χ2v) is 20.6. The van der Waals surface area contributed by atoms with Gasteiger partial charge in [-0.05, 0) is 114 Å². The summed E-state index contributed by atoms with van der Waals surface area (Å²) in [6.45, 7) is 9.84. The fourth-order valence-electron chi connectivity index (χ4n) is 11.7. The Kier molecular flexibility index (Phi) is 9.51. The zero-order chi connectivity index (χ0) is 49.1. The summed E-state index contributed by atoms with van der Waals surface area (Å²) in [6, 6.07) is 74.5. The summed E-state index contributed by atoms with van der Waals surface area (Å²) >= 11 is 0. The van der Waals surface area contributed by atoms with Crippen LogP contribution < -0.4 is 14.5 Å². The Bertz CT molecular complexity index is 4140. The number of aryl methyl sites for hydroxylation is 1. The fourth-order valence-corrected chi connectivity index (χ4v) is 11.7. The van der Waals surface area contributed by atoms with E-state index in [1.165, 1.54) is 43.9 Å². The van der Waals surface area contributed by atoms with Crippen molar-refractivity contribution in [2.24, 2.45) is 0 Å². The maximum atomic E-state index is 6.81. The summed E-state index contributed by atoms with van der Waals surface area (Å²) in [5, 5.41) is 7.21. The number of hydrogen-bond donors (Lipinski definition) is 0. The lowest BCUT2D eigenvalue weighted by atomic mass is 9.86. The lowest BCUT2D eigenvalue weighted by molar-refractivity contribution is 0.483. The van der Waals surface area contributed by atoms with Crippen molar-refractivity contribution in [3.63, 3.8) is 0 Å². The number of benzene rings is 9. The van der Waals surface area contributed by atoms with E-state index in [2.05, 4.69) is 265 Å². The van der Waals surface area contributed by atoms with Crippen LogP contribution in [-0.2, 0) is 5.41 Å². The molecule has 0 saturated heterocycles. The van der Waals surface area contributed by atoms with E-state index in [1.807, 2.05) is 6.07 Å². The van der Waals surface area contributed by atoms with Crippen LogP contribution in [0.5, 0.6) is 11.5 Å².